The number of sulfonamides is 1. The Kier molecular flexibility index (Phi) is 6.88. The third kappa shape index (κ3) is 4.87. The molecule has 10 heteroatoms. The summed E-state index contributed by atoms with van der Waals surface area (Å²) >= 11 is 4.75. The quantitative estimate of drug-likeness (QED) is 0.590. The maximum atomic E-state index is 12.8. The number of esters is 1. The van der Waals surface area contributed by atoms with Crippen LogP contribution in [0.4, 0.5) is 10.7 Å². The molecule has 0 saturated heterocycles. The summed E-state index contributed by atoms with van der Waals surface area (Å²) in [5.41, 5.74) is 2.56. The number of hydrogen-bond donors (Lipinski definition) is 1. The smallest absolute Gasteiger partial charge is 0.341 e. The molecule has 7 nitrogen and oxygen atoms in total. The normalized spacial score (nSPS) is 13.5. The highest BCUT2D eigenvalue weighted by Gasteiger charge is 2.28. The van der Waals surface area contributed by atoms with Crippen LogP contribution >= 0.6 is 27.3 Å². The van der Waals surface area contributed by atoms with E-state index < -0.39 is 28.4 Å². The van der Waals surface area contributed by atoms with Crippen molar-refractivity contribution in [2.75, 3.05) is 29.5 Å². The molecule has 3 rings (SSSR count). The predicted octanol–water partition coefficient (Wildman–Crippen LogP) is 3.89. The molecule has 2 aromatic rings. The zero-order valence-corrected chi connectivity index (χ0v) is 20.2. The zero-order valence-electron chi connectivity index (χ0n) is 17.0. The number of amides is 1. The average molecular weight is 515 g/mol. The van der Waals surface area contributed by atoms with Gasteiger partial charge in [0.1, 0.15) is 11.5 Å². The molecule has 0 aliphatic heterocycles. The lowest BCUT2D eigenvalue weighted by atomic mass is 9.95. The zero-order chi connectivity index (χ0) is 22.1. The third-order valence-corrected chi connectivity index (χ3v) is 8.17. The van der Waals surface area contributed by atoms with Gasteiger partial charge in [0.2, 0.25) is 15.9 Å². The lowest BCUT2D eigenvalue weighted by Crippen LogP contribution is -2.37. The Balaban J connectivity index is 1.88. The van der Waals surface area contributed by atoms with Crippen molar-refractivity contribution in [3.63, 3.8) is 0 Å². The van der Waals surface area contributed by atoms with Gasteiger partial charge in [-0.05, 0) is 61.9 Å². The van der Waals surface area contributed by atoms with Crippen LogP contribution in [0.1, 0.15) is 39.2 Å². The van der Waals surface area contributed by atoms with Crippen molar-refractivity contribution in [2.45, 2.75) is 32.6 Å². The number of hydrogen-bond acceptors (Lipinski definition) is 6. The number of nitrogens with one attached hydrogen (secondary N) is 1. The van der Waals surface area contributed by atoms with E-state index in [1.165, 1.54) is 18.4 Å². The number of nitrogens with zero attached hydrogens (tertiary/aromatic N) is 1. The first-order chi connectivity index (χ1) is 14.1. The summed E-state index contributed by atoms with van der Waals surface area (Å²) in [5, 5.41) is 3.16. The maximum absolute atomic E-state index is 12.8. The first-order valence-electron chi connectivity index (χ1n) is 9.38. The minimum atomic E-state index is -3.70. The van der Waals surface area contributed by atoms with Crippen LogP contribution in [0.5, 0.6) is 0 Å². The molecular formula is C20H23BrN2O5S2. The lowest BCUT2D eigenvalue weighted by molar-refractivity contribution is -0.114. The summed E-state index contributed by atoms with van der Waals surface area (Å²) < 4.78 is 31.5. The fraction of sp³-hybridized carbons (Fsp3) is 0.400. The topological polar surface area (TPSA) is 92.8 Å². The first kappa shape index (κ1) is 22.8. The monoisotopic (exact) mass is 514 g/mol. The van der Waals surface area contributed by atoms with E-state index in [1.807, 2.05) is 6.92 Å². The van der Waals surface area contributed by atoms with E-state index in [4.69, 9.17) is 4.74 Å². The van der Waals surface area contributed by atoms with Crippen molar-refractivity contribution in [3.8, 4) is 0 Å². The molecule has 1 aliphatic rings. The van der Waals surface area contributed by atoms with Crippen LogP contribution in [0.2, 0.25) is 0 Å². The maximum Gasteiger partial charge on any atom is 0.341 e. The minimum Gasteiger partial charge on any atom is -0.465 e. The average Bonchev–Trinajstić information content (AvgIpc) is 3.04. The number of methoxy groups -OCH3 is 1. The lowest BCUT2D eigenvalue weighted by Gasteiger charge is -2.22. The van der Waals surface area contributed by atoms with Crippen LogP contribution in [-0.4, -0.2) is 40.2 Å². The number of halogens is 1. The van der Waals surface area contributed by atoms with Gasteiger partial charge in [0.25, 0.3) is 0 Å². The van der Waals surface area contributed by atoms with Crippen LogP contribution in [-0.2, 0) is 32.4 Å². The molecule has 1 heterocycles. The number of aryl methyl sites for hydroxylation is 2. The van der Waals surface area contributed by atoms with Crippen molar-refractivity contribution in [1.82, 2.24) is 0 Å². The van der Waals surface area contributed by atoms with E-state index in [1.54, 1.807) is 18.2 Å². The molecule has 1 aromatic carbocycles. The van der Waals surface area contributed by atoms with E-state index in [-0.39, 0.29) is 0 Å². The molecule has 0 saturated carbocycles. The van der Waals surface area contributed by atoms with Gasteiger partial charge in [0.15, 0.2) is 0 Å². The summed E-state index contributed by atoms with van der Waals surface area (Å²) in [5.74, 6) is -1.02. The Labute approximate surface area is 188 Å². The van der Waals surface area contributed by atoms with Gasteiger partial charge in [-0.25, -0.2) is 13.2 Å². The second-order valence-electron chi connectivity index (χ2n) is 7.16. The molecule has 0 bridgehead atoms. The molecule has 162 valence electrons. The number of anilines is 2. The Bertz CT molecular complexity index is 1090. The summed E-state index contributed by atoms with van der Waals surface area (Å²) in [6.07, 6.45) is 4.69. The van der Waals surface area contributed by atoms with Gasteiger partial charge in [-0.2, -0.15) is 0 Å². The van der Waals surface area contributed by atoms with Crippen molar-refractivity contribution in [3.05, 3.63) is 44.2 Å². The number of carbonyl (C=O) groups excluding carboxylic acids is 2. The molecular weight excluding hydrogens is 492 g/mol. The molecule has 30 heavy (non-hydrogen) atoms. The predicted molar refractivity (Wildman–Crippen MR) is 122 cm³/mol. The second-order valence-corrected chi connectivity index (χ2v) is 11.0. The van der Waals surface area contributed by atoms with Crippen molar-refractivity contribution < 1.29 is 22.7 Å². The third-order valence-electron chi connectivity index (χ3n) is 4.93. The van der Waals surface area contributed by atoms with Crippen LogP contribution in [0.3, 0.4) is 0 Å². The Hall–Kier alpha value is -1.91. The van der Waals surface area contributed by atoms with E-state index in [0.717, 1.165) is 56.7 Å². The van der Waals surface area contributed by atoms with Crippen molar-refractivity contribution >= 4 is 59.9 Å². The highest BCUT2D eigenvalue weighted by Crippen LogP contribution is 2.38. The number of carbonyl (C=O) groups is 2. The standard InChI is InChI=1S/C20H23BrN2O5S2/c1-12-10-13(8-9-15(12)21)23(30(3,26)27)11-17(24)22-19-18(20(25)28-2)14-6-4-5-7-16(14)29-19/h8-10H,4-7,11H2,1-3H3,(H,22,24). The molecule has 1 aromatic heterocycles. The second kappa shape index (κ2) is 9.07. The largest absolute Gasteiger partial charge is 0.465 e. The summed E-state index contributed by atoms with van der Waals surface area (Å²) in [7, 11) is -2.39. The van der Waals surface area contributed by atoms with E-state index in [2.05, 4.69) is 21.2 Å². The number of thiophene rings is 1. The summed E-state index contributed by atoms with van der Waals surface area (Å²) in [6, 6.07) is 5.07. The van der Waals surface area contributed by atoms with E-state index in [0.29, 0.717) is 16.3 Å². The van der Waals surface area contributed by atoms with Crippen LogP contribution in [0, 0.1) is 6.92 Å². The van der Waals surface area contributed by atoms with Gasteiger partial charge in [-0.1, -0.05) is 15.9 Å². The van der Waals surface area contributed by atoms with Gasteiger partial charge in [-0.15, -0.1) is 11.3 Å². The van der Waals surface area contributed by atoms with Gasteiger partial charge < -0.3 is 10.1 Å². The van der Waals surface area contributed by atoms with Crippen molar-refractivity contribution in [2.24, 2.45) is 0 Å². The first-order valence-corrected chi connectivity index (χ1v) is 12.8. The Morgan fingerprint density at radius 2 is 1.97 bits per heavy atom. The minimum absolute atomic E-state index is 0.385. The van der Waals surface area contributed by atoms with Crippen LogP contribution in [0.15, 0.2) is 22.7 Å². The SMILES string of the molecule is COC(=O)c1c(NC(=O)CN(c2ccc(Br)c(C)c2)S(C)(=O)=O)sc2c1CCCC2. The summed E-state index contributed by atoms with van der Waals surface area (Å²) in [4.78, 5) is 26.2. The highest BCUT2D eigenvalue weighted by molar-refractivity contribution is 9.10. The van der Waals surface area contributed by atoms with Crippen LogP contribution in [0.25, 0.3) is 0 Å². The Morgan fingerprint density at radius 1 is 1.27 bits per heavy atom. The van der Waals surface area contributed by atoms with E-state index in [9.17, 15) is 18.0 Å². The molecule has 0 unspecified atom stereocenters. The highest BCUT2D eigenvalue weighted by atomic mass is 79.9. The number of rotatable bonds is 6. The number of fused-ring (bicyclic) bond motifs is 1. The molecule has 1 amide bonds. The molecule has 0 fully saturated rings. The molecule has 0 radical (unpaired) electrons. The van der Waals surface area contributed by atoms with Gasteiger partial charge in [-0.3, -0.25) is 9.10 Å². The molecule has 0 atom stereocenters. The van der Waals surface area contributed by atoms with Gasteiger partial charge in [0.05, 0.1) is 24.6 Å². The number of benzene rings is 1. The van der Waals surface area contributed by atoms with E-state index >= 15 is 0 Å². The Morgan fingerprint density at radius 3 is 2.60 bits per heavy atom. The summed E-state index contributed by atoms with van der Waals surface area (Å²) in [6.45, 7) is 1.44. The molecule has 1 N–H and O–H groups in total. The fourth-order valence-corrected chi connectivity index (χ4v) is 5.84. The fourth-order valence-electron chi connectivity index (χ4n) is 3.45. The molecule has 1 aliphatic carbocycles. The van der Waals surface area contributed by atoms with Crippen LogP contribution < -0.4 is 9.62 Å². The van der Waals surface area contributed by atoms with Crippen molar-refractivity contribution in [1.29, 1.82) is 0 Å². The number of ether oxygens (including phenoxy) is 1. The van der Waals surface area contributed by atoms with Gasteiger partial charge in [0, 0.05) is 9.35 Å². The molecule has 0 spiro atoms. The van der Waals surface area contributed by atoms with Gasteiger partial charge >= 0.3 is 5.97 Å².